The van der Waals surface area contributed by atoms with Crippen molar-refractivity contribution in [2.45, 2.75) is 57.5 Å². The van der Waals surface area contributed by atoms with Gasteiger partial charge in [-0.2, -0.15) is 13.2 Å². The van der Waals surface area contributed by atoms with Crippen LogP contribution in [0.2, 0.25) is 0 Å². The molecule has 1 rings (SSSR count). The van der Waals surface area contributed by atoms with Crippen LogP contribution in [0.3, 0.4) is 0 Å². The molecule has 0 fully saturated rings. The van der Waals surface area contributed by atoms with Crippen LogP contribution in [0.25, 0.3) is 0 Å². The highest BCUT2D eigenvalue weighted by Gasteiger charge is 2.25. The molecular formula is C15H21F3O. The van der Waals surface area contributed by atoms with E-state index in [1.807, 2.05) is 12.1 Å². The Balaban J connectivity index is 1.95. The molecule has 0 aliphatic carbocycles. The molecule has 0 aliphatic rings. The van der Waals surface area contributed by atoms with E-state index in [1.54, 1.807) is 12.1 Å². The molecule has 0 spiro atoms. The molecule has 0 bridgehead atoms. The zero-order valence-electron chi connectivity index (χ0n) is 11.0. The molecule has 0 heterocycles. The minimum Gasteiger partial charge on any atom is -0.508 e. The molecule has 1 aromatic carbocycles. The van der Waals surface area contributed by atoms with Crippen LogP contribution in [0.15, 0.2) is 24.3 Å². The van der Waals surface area contributed by atoms with Crippen molar-refractivity contribution in [3.05, 3.63) is 29.8 Å². The summed E-state index contributed by atoms with van der Waals surface area (Å²) in [7, 11) is 0. The van der Waals surface area contributed by atoms with Crippen molar-refractivity contribution in [2.24, 2.45) is 0 Å². The summed E-state index contributed by atoms with van der Waals surface area (Å²) in [5.74, 6) is 0.272. The first kappa shape index (κ1) is 15.9. The van der Waals surface area contributed by atoms with Crippen LogP contribution in [-0.4, -0.2) is 11.3 Å². The maximum atomic E-state index is 11.9. The third kappa shape index (κ3) is 8.51. The van der Waals surface area contributed by atoms with Gasteiger partial charge < -0.3 is 5.11 Å². The van der Waals surface area contributed by atoms with E-state index in [0.29, 0.717) is 6.42 Å². The molecule has 1 aromatic rings. The zero-order valence-corrected chi connectivity index (χ0v) is 11.0. The highest BCUT2D eigenvalue weighted by molar-refractivity contribution is 5.25. The van der Waals surface area contributed by atoms with Gasteiger partial charge in [-0.15, -0.1) is 0 Å². The van der Waals surface area contributed by atoms with Crippen molar-refractivity contribution in [1.29, 1.82) is 0 Å². The van der Waals surface area contributed by atoms with Gasteiger partial charge in [-0.25, -0.2) is 0 Å². The number of unbranched alkanes of at least 4 members (excludes halogenated alkanes) is 5. The molecule has 108 valence electrons. The van der Waals surface area contributed by atoms with E-state index < -0.39 is 12.6 Å². The highest BCUT2D eigenvalue weighted by atomic mass is 19.4. The molecule has 0 amide bonds. The lowest BCUT2D eigenvalue weighted by Crippen LogP contribution is -2.06. The summed E-state index contributed by atoms with van der Waals surface area (Å²) in [6, 6.07) is 7.15. The molecular weight excluding hydrogens is 253 g/mol. The Hall–Kier alpha value is -1.19. The predicted octanol–water partition coefficient (Wildman–Crippen LogP) is 5.23. The monoisotopic (exact) mass is 274 g/mol. The molecule has 0 saturated heterocycles. The fraction of sp³-hybridized carbons (Fsp3) is 0.600. The Kier molecular flexibility index (Phi) is 6.74. The van der Waals surface area contributed by atoms with E-state index in [2.05, 4.69) is 0 Å². The number of rotatable bonds is 8. The van der Waals surface area contributed by atoms with E-state index in [1.165, 1.54) is 5.56 Å². The lowest BCUT2D eigenvalue weighted by atomic mass is 10.0. The van der Waals surface area contributed by atoms with Crippen molar-refractivity contribution in [3.63, 3.8) is 0 Å². The maximum Gasteiger partial charge on any atom is 0.389 e. The van der Waals surface area contributed by atoms with Crippen LogP contribution in [-0.2, 0) is 6.42 Å². The molecule has 1 N–H and O–H groups in total. The SMILES string of the molecule is Oc1ccc(CCCCCCCCC(F)(F)F)cc1. The van der Waals surface area contributed by atoms with Crippen molar-refractivity contribution >= 4 is 0 Å². The number of phenols is 1. The number of halogens is 3. The average Bonchev–Trinajstić information content (AvgIpc) is 2.33. The van der Waals surface area contributed by atoms with Gasteiger partial charge in [-0.3, -0.25) is 0 Å². The average molecular weight is 274 g/mol. The molecule has 4 heteroatoms. The number of hydrogen-bond acceptors (Lipinski definition) is 1. The Morgan fingerprint density at radius 2 is 1.32 bits per heavy atom. The van der Waals surface area contributed by atoms with E-state index in [-0.39, 0.29) is 12.2 Å². The van der Waals surface area contributed by atoms with E-state index >= 15 is 0 Å². The standard InChI is InChI=1S/C15H21F3O/c16-15(17,18)12-6-4-2-1-3-5-7-13-8-10-14(19)11-9-13/h8-11,19H,1-7,12H2. The van der Waals surface area contributed by atoms with Gasteiger partial charge in [0.25, 0.3) is 0 Å². The number of benzene rings is 1. The van der Waals surface area contributed by atoms with Gasteiger partial charge in [0.1, 0.15) is 5.75 Å². The first-order valence-corrected chi connectivity index (χ1v) is 6.82. The Morgan fingerprint density at radius 1 is 0.789 bits per heavy atom. The van der Waals surface area contributed by atoms with Crippen molar-refractivity contribution in [2.75, 3.05) is 0 Å². The Labute approximate surface area is 112 Å². The van der Waals surface area contributed by atoms with Crippen molar-refractivity contribution in [1.82, 2.24) is 0 Å². The maximum absolute atomic E-state index is 11.9. The second kappa shape index (κ2) is 8.08. The first-order valence-electron chi connectivity index (χ1n) is 6.82. The molecule has 1 nitrogen and oxygen atoms in total. The second-order valence-corrected chi connectivity index (χ2v) is 4.90. The van der Waals surface area contributed by atoms with Crippen molar-refractivity contribution in [3.8, 4) is 5.75 Å². The van der Waals surface area contributed by atoms with Gasteiger partial charge in [0.05, 0.1) is 0 Å². The summed E-state index contributed by atoms with van der Waals surface area (Å²) in [6.07, 6.45) is 1.20. The summed E-state index contributed by atoms with van der Waals surface area (Å²) < 4.78 is 35.7. The van der Waals surface area contributed by atoms with E-state index in [4.69, 9.17) is 5.11 Å². The van der Waals surface area contributed by atoms with E-state index in [9.17, 15) is 13.2 Å². The molecule has 0 aromatic heterocycles. The van der Waals surface area contributed by atoms with Gasteiger partial charge >= 0.3 is 6.18 Å². The van der Waals surface area contributed by atoms with Gasteiger partial charge in [0.2, 0.25) is 0 Å². The molecule has 0 aliphatic heterocycles. The van der Waals surface area contributed by atoms with Crippen LogP contribution in [0.4, 0.5) is 13.2 Å². The summed E-state index contributed by atoms with van der Waals surface area (Å²) >= 11 is 0. The predicted molar refractivity (Wildman–Crippen MR) is 70.2 cm³/mol. The molecule has 0 saturated carbocycles. The summed E-state index contributed by atoms with van der Waals surface area (Å²) in [5, 5.41) is 9.13. The Morgan fingerprint density at radius 3 is 1.89 bits per heavy atom. The number of aryl methyl sites for hydroxylation is 1. The third-order valence-electron chi connectivity index (χ3n) is 3.11. The summed E-state index contributed by atoms with van der Waals surface area (Å²) in [5.41, 5.74) is 1.19. The van der Waals surface area contributed by atoms with Crippen molar-refractivity contribution < 1.29 is 18.3 Å². The van der Waals surface area contributed by atoms with Gasteiger partial charge in [-0.05, 0) is 37.0 Å². The second-order valence-electron chi connectivity index (χ2n) is 4.90. The summed E-state index contributed by atoms with van der Waals surface area (Å²) in [4.78, 5) is 0. The third-order valence-corrected chi connectivity index (χ3v) is 3.11. The first-order chi connectivity index (χ1) is 8.97. The number of alkyl halides is 3. The zero-order chi connectivity index (χ0) is 14.1. The molecule has 19 heavy (non-hydrogen) atoms. The fourth-order valence-electron chi connectivity index (χ4n) is 2.02. The van der Waals surface area contributed by atoms with Crippen LogP contribution in [0, 0.1) is 0 Å². The van der Waals surface area contributed by atoms with Gasteiger partial charge in [-0.1, -0.05) is 37.8 Å². The Bertz CT molecular complexity index is 343. The number of hydrogen-bond donors (Lipinski definition) is 1. The van der Waals surface area contributed by atoms with Gasteiger partial charge in [0.15, 0.2) is 0 Å². The molecule has 0 atom stereocenters. The van der Waals surface area contributed by atoms with Crippen LogP contribution < -0.4 is 0 Å². The largest absolute Gasteiger partial charge is 0.508 e. The lowest BCUT2D eigenvalue weighted by molar-refractivity contribution is -0.135. The smallest absolute Gasteiger partial charge is 0.389 e. The minimum absolute atomic E-state index is 0.251. The normalized spacial score (nSPS) is 11.7. The fourth-order valence-corrected chi connectivity index (χ4v) is 2.02. The minimum atomic E-state index is -4.00. The van der Waals surface area contributed by atoms with E-state index in [0.717, 1.165) is 32.1 Å². The topological polar surface area (TPSA) is 20.2 Å². The van der Waals surface area contributed by atoms with Gasteiger partial charge in [0, 0.05) is 6.42 Å². The quantitative estimate of drug-likeness (QED) is 0.644. The number of phenolic OH excluding ortho intramolecular Hbond substituents is 1. The van der Waals surface area contributed by atoms with Crippen LogP contribution in [0.5, 0.6) is 5.75 Å². The van der Waals surface area contributed by atoms with Crippen LogP contribution >= 0.6 is 0 Å². The molecule has 0 radical (unpaired) electrons. The van der Waals surface area contributed by atoms with Crippen LogP contribution in [0.1, 0.15) is 50.5 Å². The number of aromatic hydroxyl groups is 1. The molecule has 0 unspecified atom stereocenters. The highest BCUT2D eigenvalue weighted by Crippen LogP contribution is 2.23. The lowest BCUT2D eigenvalue weighted by Gasteiger charge is -2.05. The summed E-state index contributed by atoms with van der Waals surface area (Å²) in [6.45, 7) is 0.